The Morgan fingerprint density at radius 2 is 2.00 bits per heavy atom. The highest BCUT2D eigenvalue weighted by molar-refractivity contribution is 7.92. The molecule has 1 amide bonds. The molecule has 7 heteroatoms. The van der Waals surface area contributed by atoms with Crippen molar-refractivity contribution in [3.05, 3.63) is 42.1 Å². The second-order valence-electron chi connectivity index (χ2n) is 6.11. The van der Waals surface area contributed by atoms with Crippen LogP contribution in [0.4, 0.5) is 0 Å². The summed E-state index contributed by atoms with van der Waals surface area (Å²) in [6.07, 6.45) is 0.644. The monoisotopic (exact) mass is 332 g/mol. The van der Waals surface area contributed by atoms with Crippen LogP contribution in [0.5, 0.6) is 0 Å². The molecule has 0 saturated carbocycles. The van der Waals surface area contributed by atoms with E-state index in [1.54, 1.807) is 11.0 Å². The summed E-state index contributed by atoms with van der Waals surface area (Å²) in [6, 6.07) is 11.0. The van der Waals surface area contributed by atoms with Gasteiger partial charge in [0.15, 0.2) is 21.3 Å². The van der Waals surface area contributed by atoms with E-state index in [0.29, 0.717) is 18.7 Å². The van der Waals surface area contributed by atoms with Gasteiger partial charge in [-0.2, -0.15) is 0 Å². The van der Waals surface area contributed by atoms with Crippen molar-refractivity contribution in [1.29, 1.82) is 0 Å². The van der Waals surface area contributed by atoms with Gasteiger partial charge in [0.1, 0.15) is 0 Å². The van der Waals surface area contributed by atoms with Gasteiger partial charge in [0.05, 0.1) is 11.0 Å². The van der Waals surface area contributed by atoms with Crippen LogP contribution in [0.15, 0.2) is 40.9 Å². The van der Waals surface area contributed by atoms with Crippen LogP contribution in [0, 0.1) is 5.92 Å². The Bertz CT molecular complexity index is 844. The van der Waals surface area contributed by atoms with E-state index < -0.39 is 15.1 Å². The lowest BCUT2D eigenvalue weighted by Gasteiger charge is -2.15. The minimum atomic E-state index is -3.05. The molecule has 2 atom stereocenters. The molecule has 2 aliphatic rings. The summed E-state index contributed by atoms with van der Waals surface area (Å²) in [4.78, 5) is 14.1. The molecule has 2 aliphatic heterocycles. The number of hydrogen-bond acceptors (Lipinski definition) is 5. The molecule has 1 aromatic carbocycles. The van der Waals surface area contributed by atoms with Crippen LogP contribution in [0.1, 0.15) is 16.9 Å². The van der Waals surface area contributed by atoms with E-state index in [4.69, 9.17) is 4.52 Å². The number of fused-ring (bicyclic) bond motifs is 1. The zero-order chi connectivity index (χ0) is 16.0. The van der Waals surface area contributed by atoms with Crippen LogP contribution in [-0.2, 0) is 9.84 Å². The van der Waals surface area contributed by atoms with Crippen LogP contribution in [-0.4, -0.2) is 48.5 Å². The van der Waals surface area contributed by atoms with Crippen molar-refractivity contribution in [2.75, 3.05) is 18.8 Å². The van der Waals surface area contributed by atoms with Gasteiger partial charge >= 0.3 is 0 Å². The van der Waals surface area contributed by atoms with Crippen molar-refractivity contribution in [1.82, 2.24) is 10.1 Å². The Morgan fingerprint density at radius 1 is 1.22 bits per heavy atom. The maximum atomic E-state index is 12.5. The van der Waals surface area contributed by atoms with E-state index in [9.17, 15) is 13.2 Å². The summed E-state index contributed by atoms with van der Waals surface area (Å²) >= 11 is 0. The summed E-state index contributed by atoms with van der Waals surface area (Å²) in [6.45, 7) is 0.746. The topological polar surface area (TPSA) is 80.5 Å². The largest absolute Gasteiger partial charge is 0.355 e. The van der Waals surface area contributed by atoms with E-state index in [0.717, 1.165) is 5.56 Å². The van der Waals surface area contributed by atoms with Gasteiger partial charge < -0.3 is 9.42 Å². The minimum Gasteiger partial charge on any atom is -0.355 e. The molecule has 0 spiro atoms. The molecule has 2 saturated heterocycles. The Balaban J connectivity index is 1.54. The Hall–Kier alpha value is -2.15. The number of nitrogens with zero attached hydrogens (tertiary/aromatic N) is 2. The fraction of sp³-hybridized carbons (Fsp3) is 0.375. The SMILES string of the molecule is O=C(c1cc(-c2ccccc2)on1)N1C[C@@H]2CCS(=O)(=O)[C@@H]2C1. The lowest BCUT2D eigenvalue weighted by molar-refractivity contribution is 0.0776. The third-order valence-electron chi connectivity index (χ3n) is 4.69. The smallest absolute Gasteiger partial charge is 0.276 e. The highest BCUT2D eigenvalue weighted by atomic mass is 32.2. The average molecular weight is 332 g/mol. The molecule has 6 nitrogen and oxygen atoms in total. The van der Waals surface area contributed by atoms with Crippen molar-refractivity contribution in [2.45, 2.75) is 11.7 Å². The standard InChI is InChI=1S/C16H16N2O4S/c19-16(18-9-12-6-7-23(20,21)15(12)10-18)13-8-14(22-17-13)11-4-2-1-3-5-11/h1-5,8,12,15H,6-7,9-10H2/t12-,15+/m0/s1. The average Bonchev–Trinajstić information content (AvgIpc) is 3.25. The fourth-order valence-corrected chi connectivity index (χ4v) is 5.58. The van der Waals surface area contributed by atoms with E-state index >= 15 is 0 Å². The Labute approximate surface area is 134 Å². The van der Waals surface area contributed by atoms with Gasteiger partial charge in [0.2, 0.25) is 0 Å². The molecule has 2 aromatic rings. The Kier molecular flexibility index (Phi) is 3.26. The maximum absolute atomic E-state index is 12.5. The molecular weight excluding hydrogens is 316 g/mol. The number of sulfone groups is 1. The van der Waals surface area contributed by atoms with Gasteiger partial charge in [-0.1, -0.05) is 35.5 Å². The van der Waals surface area contributed by atoms with Gasteiger partial charge in [-0.25, -0.2) is 8.42 Å². The lowest BCUT2D eigenvalue weighted by atomic mass is 10.1. The first-order valence-electron chi connectivity index (χ1n) is 7.57. The molecule has 0 N–H and O–H groups in total. The molecule has 3 heterocycles. The highest BCUT2D eigenvalue weighted by Gasteiger charge is 2.47. The van der Waals surface area contributed by atoms with Crippen LogP contribution in [0.3, 0.4) is 0 Å². The summed E-state index contributed by atoms with van der Waals surface area (Å²) < 4.78 is 29.2. The molecule has 4 rings (SSSR count). The zero-order valence-electron chi connectivity index (χ0n) is 12.4. The van der Waals surface area contributed by atoms with Gasteiger partial charge in [-0.3, -0.25) is 4.79 Å². The summed E-state index contributed by atoms with van der Waals surface area (Å²) in [7, 11) is -3.05. The Morgan fingerprint density at radius 3 is 2.74 bits per heavy atom. The molecule has 1 aromatic heterocycles. The second-order valence-corrected chi connectivity index (χ2v) is 8.45. The van der Waals surface area contributed by atoms with E-state index in [1.807, 2.05) is 30.3 Å². The van der Waals surface area contributed by atoms with E-state index in [1.165, 1.54) is 0 Å². The second kappa shape index (κ2) is 5.19. The normalized spacial score (nSPS) is 25.5. The number of amides is 1. The van der Waals surface area contributed by atoms with Crippen molar-refractivity contribution in [3.8, 4) is 11.3 Å². The van der Waals surface area contributed by atoms with Gasteiger partial charge in [-0.15, -0.1) is 0 Å². The predicted molar refractivity (Wildman–Crippen MR) is 83.5 cm³/mol. The minimum absolute atomic E-state index is 0.0597. The number of hydrogen-bond donors (Lipinski definition) is 0. The van der Waals surface area contributed by atoms with Crippen molar-refractivity contribution in [3.63, 3.8) is 0 Å². The predicted octanol–water partition coefficient (Wildman–Crippen LogP) is 1.60. The van der Waals surface area contributed by atoms with E-state index in [-0.39, 0.29) is 29.8 Å². The highest BCUT2D eigenvalue weighted by Crippen LogP contribution is 2.34. The number of carbonyl (C=O) groups is 1. The molecule has 2 fully saturated rings. The third-order valence-corrected chi connectivity index (χ3v) is 6.95. The van der Waals surface area contributed by atoms with Gasteiger partial charge in [0, 0.05) is 24.7 Å². The molecule has 0 aliphatic carbocycles. The summed E-state index contributed by atoms with van der Waals surface area (Å²) in [5.74, 6) is 0.567. The first-order valence-corrected chi connectivity index (χ1v) is 9.29. The first-order chi connectivity index (χ1) is 11.0. The fourth-order valence-electron chi connectivity index (χ4n) is 3.43. The number of benzene rings is 1. The number of carbonyl (C=O) groups excluding carboxylic acids is 1. The quantitative estimate of drug-likeness (QED) is 0.834. The van der Waals surface area contributed by atoms with E-state index in [2.05, 4.69) is 5.16 Å². The van der Waals surface area contributed by atoms with Crippen LogP contribution >= 0.6 is 0 Å². The number of likely N-dealkylation sites (tertiary alicyclic amines) is 1. The molecule has 120 valence electrons. The van der Waals surface area contributed by atoms with Crippen molar-refractivity contribution >= 4 is 15.7 Å². The summed E-state index contributed by atoms with van der Waals surface area (Å²) in [5, 5.41) is 3.44. The third kappa shape index (κ3) is 2.45. The van der Waals surface area contributed by atoms with Crippen LogP contribution in [0.2, 0.25) is 0 Å². The van der Waals surface area contributed by atoms with Crippen LogP contribution < -0.4 is 0 Å². The molecule has 0 bridgehead atoms. The first kappa shape index (κ1) is 14.4. The molecular formula is C16H16N2O4S. The molecule has 23 heavy (non-hydrogen) atoms. The number of rotatable bonds is 2. The molecule has 0 radical (unpaired) electrons. The zero-order valence-corrected chi connectivity index (χ0v) is 13.2. The molecule has 0 unspecified atom stereocenters. The van der Waals surface area contributed by atoms with Gasteiger partial charge in [-0.05, 0) is 12.3 Å². The van der Waals surface area contributed by atoms with Gasteiger partial charge in [0.25, 0.3) is 5.91 Å². The number of aromatic nitrogens is 1. The summed E-state index contributed by atoms with van der Waals surface area (Å²) in [5.41, 5.74) is 1.07. The van der Waals surface area contributed by atoms with Crippen molar-refractivity contribution in [2.24, 2.45) is 5.92 Å². The maximum Gasteiger partial charge on any atom is 0.276 e. The van der Waals surface area contributed by atoms with Crippen LogP contribution in [0.25, 0.3) is 11.3 Å². The lowest BCUT2D eigenvalue weighted by Crippen LogP contribution is -2.32. The van der Waals surface area contributed by atoms with Crippen molar-refractivity contribution < 1.29 is 17.7 Å².